The lowest BCUT2D eigenvalue weighted by Gasteiger charge is -1.89. The molecule has 2 aromatic rings. The van der Waals surface area contributed by atoms with Gasteiger partial charge in [0.05, 0.1) is 11.0 Å². The van der Waals surface area contributed by atoms with Crippen LogP contribution in [-0.4, -0.2) is 15.1 Å². The molecule has 3 rings (SSSR count). The molecule has 1 heterocycles. The van der Waals surface area contributed by atoms with Gasteiger partial charge in [0.2, 0.25) is 0 Å². The summed E-state index contributed by atoms with van der Waals surface area (Å²) in [5, 5.41) is 9.29. The molecule has 0 bridgehead atoms. The van der Waals surface area contributed by atoms with Crippen molar-refractivity contribution in [1.82, 2.24) is 9.97 Å². The average molecular weight is 188 g/mol. The Balaban J connectivity index is 2.01. The summed E-state index contributed by atoms with van der Waals surface area (Å²) in [7, 11) is 0. The van der Waals surface area contributed by atoms with Crippen molar-refractivity contribution in [3.63, 3.8) is 0 Å². The second kappa shape index (κ2) is 2.74. The minimum absolute atomic E-state index is 0.291. The van der Waals surface area contributed by atoms with Crippen LogP contribution in [0.1, 0.15) is 18.7 Å². The summed E-state index contributed by atoms with van der Waals surface area (Å²) >= 11 is 0. The second-order valence-electron chi connectivity index (χ2n) is 4.03. The van der Waals surface area contributed by atoms with Crippen LogP contribution in [0.15, 0.2) is 18.2 Å². The summed E-state index contributed by atoms with van der Waals surface area (Å²) in [6.07, 6.45) is 3.72. The fourth-order valence-electron chi connectivity index (χ4n) is 1.74. The number of hydrogen-bond donors (Lipinski definition) is 2. The minimum Gasteiger partial charge on any atom is -0.508 e. The third-order valence-corrected chi connectivity index (χ3v) is 2.69. The molecule has 1 aromatic carbocycles. The fraction of sp³-hybridized carbons (Fsp3) is 0.364. The first kappa shape index (κ1) is 7.85. The molecule has 72 valence electrons. The lowest BCUT2D eigenvalue weighted by molar-refractivity contribution is 0.476. The molecule has 0 atom stereocenters. The number of aromatic nitrogens is 2. The molecule has 2 N–H and O–H groups in total. The van der Waals surface area contributed by atoms with E-state index in [9.17, 15) is 5.11 Å². The summed E-state index contributed by atoms with van der Waals surface area (Å²) in [5.74, 6) is 2.18. The second-order valence-corrected chi connectivity index (χ2v) is 4.03. The van der Waals surface area contributed by atoms with E-state index < -0.39 is 0 Å². The van der Waals surface area contributed by atoms with Crippen molar-refractivity contribution in [2.45, 2.75) is 19.3 Å². The molecule has 1 aromatic heterocycles. The molecule has 0 unspecified atom stereocenters. The number of benzene rings is 1. The Morgan fingerprint density at radius 3 is 3.07 bits per heavy atom. The van der Waals surface area contributed by atoms with Gasteiger partial charge in [0.15, 0.2) is 0 Å². The highest BCUT2D eigenvalue weighted by atomic mass is 16.3. The van der Waals surface area contributed by atoms with Crippen LogP contribution in [0.5, 0.6) is 5.75 Å². The van der Waals surface area contributed by atoms with Crippen LogP contribution in [0.2, 0.25) is 0 Å². The van der Waals surface area contributed by atoms with E-state index in [1.54, 1.807) is 12.1 Å². The molecule has 0 aliphatic heterocycles. The monoisotopic (exact) mass is 188 g/mol. The zero-order valence-electron chi connectivity index (χ0n) is 7.83. The number of fused-ring (bicyclic) bond motifs is 1. The van der Waals surface area contributed by atoms with Crippen molar-refractivity contribution in [3.05, 3.63) is 24.0 Å². The van der Waals surface area contributed by atoms with Gasteiger partial charge in [-0.1, -0.05) is 0 Å². The molecule has 0 saturated heterocycles. The Kier molecular flexibility index (Phi) is 1.54. The van der Waals surface area contributed by atoms with E-state index >= 15 is 0 Å². The van der Waals surface area contributed by atoms with Crippen molar-refractivity contribution < 1.29 is 5.11 Å². The van der Waals surface area contributed by atoms with Gasteiger partial charge in [-0.15, -0.1) is 0 Å². The number of aromatic hydroxyl groups is 1. The summed E-state index contributed by atoms with van der Waals surface area (Å²) in [5.41, 5.74) is 1.87. The Morgan fingerprint density at radius 2 is 2.29 bits per heavy atom. The Bertz CT molecular complexity index is 471. The van der Waals surface area contributed by atoms with E-state index in [4.69, 9.17) is 0 Å². The van der Waals surface area contributed by atoms with Crippen molar-refractivity contribution in [3.8, 4) is 5.75 Å². The molecule has 0 amide bonds. The first-order chi connectivity index (χ1) is 6.81. The van der Waals surface area contributed by atoms with Gasteiger partial charge >= 0.3 is 0 Å². The number of nitrogens with zero attached hydrogens (tertiary/aromatic N) is 1. The molecule has 1 fully saturated rings. The van der Waals surface area contributed by atoms with Crippen molar-refractivity contribution in [2.24, 2.45) is 5.92 Å². The summed E-state index contributed by atoms with van der Waals surface area (Å²) in [6, 6.07) is 5.24. The predicted molar refractivity (Wildman–Crippen MR) is 54.2 cm³/mol. The number of phenols is 1. The molecule has 1 saturated carbocycles. The van der Waals surface area contributed by atoms with Crippen molar-refractivity contribution in [2.75, 3.05) is 0 Å². The van der Waals surface area contributed by atoms with Crippen LogP contribution in [0.25, 0.3) is 11.0 Å². The Morgan fingerprint density at radius 1 is 1.43 bits per heavy atom. The van der Waals surface area contributed by atoms with Gasteiger partial charge in [0.25, 0.3) is 0 Å². The van der Waals surface area contributed by atoms with Gasteiger partial charge < -0.3 is 10.1 Å². The number of hydrogen-bond acceptors (Lipinski definition) is 2. The topological polar surface area (TPSA) is 48.9 Å². The highest BCUT2D eigenvalue weighted by Gasteiger charge is 2.22. The maximum atomic E-state index is 9.29. The highest BCUT2D eigenvalue weighted by Crippen LogP contribution is 2.32. The molecular formula is C11H12N2O. The first-order valence-corrected chi connectivity index (χ1v) is 4.99. The van der Waals surface area contributed by atoms with Gasteiger partial charge in [-0.25, -0.2) is 4.98 Å². The molecule has 14 heavy (non-hydrogen) atoms. The van der Waals surface area contributed by atoms with E-state index in [1.807, 2.05) is 6.07 Å². The van der Waals surface area contributed by atoms with Gasteiger partial charge in [-0.2, -0.15) is 0 Å². The Hall–Kier alpha value is -1.51. The van der Waals surface area contributed by atoms with Crippen LogP contribution < -0.4 is 0 Å². The molecule has 1 aliphatic carbocycles. The number of imidazole rings is 1. The van der Waals surface area contributed by atoms with E-state index in [2.05, 4.69) is 9.97 Å². The minimum atomic E-state index is 0.291. The molecule has 0 radical (unpaired) electrons. The zero-order chi connectivity index (χ0) is 9.54. The maximum Gasteiger partial charge on any atom is 0.117 e. The fourth-order valence-corrected chi connectivity index (χ4v) is 1.74. The SMILES string of the molecule is Oc1ccc2nc(CC3CC3)[nH]c2c1. The molecule has 1 aliphatic rings. The predicted octanol–water partition coefficient (Wildman–Crippen LogP) is 2.22. The normalized spacial score (nSPS) is 16.3. The van der Waals surface area contributed by atoms with Crippen LogP contribution >= 0.6 is 0 Å². The van der Waals surface area contributed by atoms with Crippen LogP contribution in [0, 0.1) is 5.92 Å². The summed E-state index contributed by atoms with van der Waals surface area (Å²) in [6.45, 7) is 0. The Labute approximate surface area is 81.8 Å². The van der Waals surface area contributed by atoms with Crippen LogP contribution in [-0.2, 0) is 6.42 Å². The van der Waals surface area contributed by atoms with E-state index in [0.717, 1.165) is 29.2 Å². The largest absolute Gasteiger partial charge is 0.508 e. The quantitative estimate of drug-likeness (QED) is 0.759. The first-order valence-electron chi connectivity index (χ1n) is 4.99. The average Bonchev–Trinajstić information content (AvgIpc) is 2.84. The van der Waals surface area contributed by atoms with Gasteiger partial charge in [-0.3, -0.25) is 0 Å². The lowest BCUT2D eigenvalue weighted by Crippen LogP contribution is -1.88. The van der Waals surface area contributed by atoms with Crippen molar-refractivity contribution >= 4 is 11.0 Å². The van der Waals surface area contributed by atoms with Crippen LogP contribution in [0.4, 0.5) is 0 Å². The van der Waals surface area contributed by atoms with Crippen LogP contribution in [0.3, 0.4) is 0 Å². The highest BCUT2D eigenvalue weighted by molar-refractivity contribution is 5.76. The van der Waals surface area contributed by atoms with Gasteiger partial charge in [0, 0.05) is 12.5 Å². The summed E-state index contributed by atoms with van der Waals surface area (Å²) in [4.78, 5) is 7.70. The molecule has 3 nitrogen and oxygen atoms in total. The number of aromatic amines is 1. The maximum absolute atomic E-state index is 9.29. The lowest BCUT2D eigenvalue weighted by atomic mass is 10.3. The van der Waals surface area contributed by atoms with Gasteiger partial charge in [0.1, 0.15) is 11.6 Å². The van der Waals surface area contributed by atoms with E-state index in [1.165, 1.54) is 12.8 Å². The number of rotatable bonds is 2. The summed E-state index contributed by atoms with van der Waals surface area (Å²) < 4.78 is 0. The van der Waals surface area contributed by atoms with E-state index in [0.29, 0.717) is 5.75 Å². The third-order valence-electron chi connectivity index (χ3n) is 2.69. The number of nitrogens with one attached hydrogen (secondary N) is 1. The molecular weight excluding hydrogens is 176 g/mol. The third kappa shape index (κ3) is 1.35. The smallest absolute Gasteiger partial charge is 0.117 e. The zero-order valence-corrected chi connectivity index (χ0v) is 7.83. The van der Waals surface area contributed by atoms with E-state index in [-0.39, 0.29) is 0 Å². The van der Waals surface area contributed by atoms with Gasteiger partial charge in [-0.05, 0) is 30.9 Å². The van der Waals surface area contributed by atoms with Crippen molar-refractivity contribution in [1.29, 1.82) is 0 Å². The molecule has 3 heteroatoms. The number of H-pyrrole nitrogens is 1. The molecule has 0 spiro atoms. The standard InChI is InChI=1S/C11H12N2O/c14-8-3-4-9-10(6-8)13-11(12-9)5-7-1-2-7/h3-4,6-7,14H,1-2,5H2,(H,12,13). The number of phenolic OH excluding ortho intramolecular Hbond substituents is 1.